The highest BCUT2D eigenvalue weighted by Crippen LogP contribution is 2.32. The Morgan fingerprint density at radius 2 is 2.35 bits per heavy atom. The van der Waals surface area contributed by atoms with Gasteiger partial charge in [0.25, 0.3) is 5.56 Å². The number of alkyl halides is 1. The summed E-state index contributed by atoms with van der Waals surface area (Å²) in [6.45, 7) is -1.13. The molecule has 0 bridgehead atoms. The Bertz CT molecular complexity index is 541. The number of halogens is 2. The maximum atomic E-state index is 13.6. The Morgan fingerprint density at radius 3 is 2.94 bits per heavy atom. The van der Waals surface area contributed by atoms with E-state index in [4.69, 9.17) is 9.84 Å². The molecule has 0 unspecified atom stereocenters. The molecule has 94 valence electrons. The summed E-state index contributed by atoms with van der Waals surface area (Å²) in [5, 5.41) is 8.78. The fourth-order valence-electron chi connectivity index (χ4n) is 1.64. The number of aromatic nitrogens is 2. The minimum absolute atomic E-state index is 0.283. The van der Waals surface area contributed by atoms with Crippen molar-refractivity contribution in [2.75, 3.05) is 13.2 Å². The van der Waals surface area contributed by atoms with Crippen LogP contribution >= 0.6 is 0 Å². The predicted octanol–water partition coefficient (Wildman–Crippen LogP) is -0.705. The third-order valence-corrected chi connectivity index (χ3v) is 2.59. The molecule has 1 aromatic heterocycles. The summed E-state index contributed by atoms with van der Waals surface area (Å²) in [5.41, 5.74) is -3.97. The molecule has 17 heavy (non-hydrogen) atoms. The van der Waals surface area contributed by atoms with Gasteiger partial charge in [0.15, 0.2) is 5.67 Å². The molecule has 1 aliphatic rings. The smallest absolute Gasteiger partial charge is 0.330 e. The number of rotatable bonds is 2. The summed E-state index contributed by atoms with van der Waals surface area (Å²) in [6, 6.07) is 0. The lowest BCUT2D eigenvalue weighted by Gasteiger charge is -2.14. The molecule has 0 aliphatic carbocycles. The van der Waals surface area contributed by atoms with Crippen LogP contribution in [0.2, 0.25) is 0 Å². The van der Waals surface area contributed by atoms with Gasteiger partial charge in [-0.3, -0.25) is 14.3 Å². The number of aliphatic hydroxyl groups excluding tert-OH is 1. The number of hydrogen-bond donors (Lipinski definition) is 2. The second-order valence-corrected chi connectivity index (χ2v) is 3.92. The van der Waals surface area contributed by atoms with E-state index in [-0.39, 0.29) is 13.0 Å². The van der Waals surface area contributed by atoms with Crippen molar-refractivity contribution in [2.24, 2.45) is 0 Å². The van der Waals surface area contributed by atoms with Gasteiger partial charge in [0.2, 0.25) is 5.82 Å². The number of aromatic amines is 1. The van der Waals surface area contributed by atoms with Gasteiger partial charge in [-0.2, -0.15) is 4.39 Å². The Morgan fingerprint density at radius 1 is 1.65 bits per heavy atom. The van der Waals surface area contributed by atoms with Crippen LogP contribution in [0.15, 0.2) is 15.8 Å². The van der Waals surface area contributed by atoms with Gasteiger partial charge in [0.1, 0.15) is 6.23 Å². The fraction of sp³-hybridized carbons (Fsp3) is 0.556. The molecule has 2 rings (SSSR count). The Hall–Kier alpha value is -1.54. The van der Waals surface area contributed by atoms with Gasteiger partial charge in [-0.05, 0) is 0 Å². The molecular formula is C9H10F2N2O4. The van der Waals surface area contributed by atoms with Crippen molar-refractivity contribution in [3.8, 4) is 0 Å². The average molecular weight is 248 g/mol. The van der Waals surface area contributed by atoms with Crippen molar-refractivity contribution in [2.45, 2.75) is 18.3 Å². The lowest BCUT2D eigenvalue weighted by Crippen LogP contribution is -2.34. The van der Waals surface area contributed by atoms with Crippen molar-refractivity contribution >= 4 is 0 Å². The number of aliphatic hydroxyl groups is 1. The van der Waals surface area contributed by atoms with Gasteiger partial charge >= 0.3 is 5.69 Å². The topological polar surface area (TPSA) is 84.3 Å². The van der Waals surface area contributed by atoms with E-state index in [1.165, 1.54) is 0 Å². The van der Waals surface area contributed by atoms with Crippen LogP contribution in [0.4, 0.5) is 8.78 Å². The van der Waals surface area contributed by atoms with E-state index < -0.39 is 35.6 Å². The fourth-order valence-corrected chi connectivity index (χ4v) is 1.64. The lowest BCUT2D eigenvalue weighted by atomic mass is 10.1. The first-order chi connectivity index (χ1) is 7.95. The van der Waals surface area contributed by atoms with Crippen LogP contribution in [-0.2, 0) is 4.74 Å². The number of nitrogens with one attached hydrogen (secondary N) is 1. The summed E-state index contributed by atoms with van der Waals surface area (Å²) in [5.74, 6) is -1.16. The van der Waals surface area contributed by atoms with Crippen LogP contribution in [0.25, 0.3) is 0 Å². The van der Waals surface area contributed by atoms with Gasteiger partial charge in [0, 0.05) is 6.42 Å². The Balaban J connectivity index is 2.34. The first-order valence-electron chi connectivity index (χ1n) is 4.87. The zero-order chi connectivity index (χ0) is 12.6. The van der Waals surface area contributed by atoms with Crippen molar-refractivity contribution in [1.29, 1.82) is 0 Å². The maximum absolute atomic E-state index is 13.6. The number of ether oxygens (including phenoxy) is 1. The molecular weight excluding hydrogens is 238 g/mol. The third-order valence-electron chi connectivity index (χ3n) is 2.59. The largest absolute Gasteiger partial charge is 0.393 e. The van der Waals surface area contributed by atoms with Gasteiger partial charge in [0.05, 0.1) is 19.4 Å². The standard InChI is InChI=1S/C9H10F2N2O4/c10-5-2-13(8(16)12-7(5)15)6-1-9(11,3-14)4-17-6/h2,6,14H,1,3-4H2,(H,12,15,16)/t6-,9-/m1/s1. The second-order valence-electron chi connectivity index (χ2n) is 3.92. The predicted molar refractivity (Wildman–Crippen MR) is 51.8 cm³/mol. The highest BCUT2D eigenvalue weighted by molar-refractivity contribution is 4.93. The molecule has 0 spiro atoms. The molecule has 2 N–H and O–H groups in total. The van der Waals surface area contributed by atoms with E-state index in [1.807, 2.05) is 0 Å². The summed E-state index contributed by atoms with van der Waals surface area (Å²) < 4.78 is 32.3. The average Bonchev–Trinajstić information content (AvgIpc) is 2.67. The molecule has 0 radical (unpaired) electrons. The van der Waals surface area contributed by atoms with Crippen LogP contribution < -0.4 is 11.2 Å². The summed E-state index contributed by atoms with van der Waals surface area (Å²) >= 11 is 0. The highest BCUT2D eigenvalue weighted by Gasteiger charge is 2.41. The summed E-state index contributed by atoms with van der Waals surface area (Å²) in [7, 11) is 0. The van der Waals surface area contributed by atoms with E-state index in [2.05, 4.69) is 0 Å². The van der Waals surface area contributed by atoms with E-state index in [9.17, 15) is 18.4 Å². The van der Waals surface area contributed by atoms with E-state index in [0.717, 1.165) is 4.57 Å². The van der Waals surface area contributed by atoms with Crippen molar-refractivity contribution in [3.05, 3.63) is 32.9 Å². The molecule has 0 saturated carbocycles. The molecule has 6 nitrogen and oxygen atoms in total. The van der Waals surface area contributed by atoms with E-state index in [1.54, 1.807) is 4.98 Å². The highest BCUT2D eigenvalue weighted by atomic mass is 19.1. The van der Waals surface area contributed by atoms with Crippen LogP contribution in [0.3, 0.4) is 0 Å². The Kier molecular flexibility index (Phi) is 2.84. The number of nitrogens with zero attached hydrogens (tertiary/aromatic N) is 1. The van der Waals surface area contributed by atoms with Crippen molar-refractivity contribution < 1.29 is 18.6 Å². The lowest BCUT2D eigenvalue weighted by molar-refractivity contribution is 0.0269. The normalized spacial score (nSPS) is 28.5. The minimum Gasteiger partial charge on any atom is -0.393 e. The van der Waals surface area contributed by atoms with Gasteiger partial charge in [-0.15, -0.1) is 0 Å². The second kappa shape index (κ2) is 4.04. The molecule has 1 aromatic rings. The molecule has 1 aliphatic heterocycles. The zero-order valence-electron chi connectivity index (χ0n) is 8.65. The number of H-pyrrole nitrogens is 1. The summed E-state index contributed by atoms with van der Waals surface area (Å²) in [4.78, 5) is 23.9. The minimum atomic E-state index is -1.95. The van der Waals surface area contributed by atoms with Gasteiger partial charge < -0.3 is 9.84 Å². The summed E-state index contributed by atoms with van der Waals surface area (Å²) in [6.07, 6.45) is -0.657. The quantitative estimate of drug-likeness (QED) is 0.724. The first kappa shape index (κ1) is 11.9. The van der Waals surface area contributed by atoms with Crippen LogP contribution in [0.5, 0.6) is 0 Å². The van der Waals surface area contributed by atoms with Crippen molar-refractivity contribution in [1.82, 2.24) is 9.55 Å². The molecule has 1 fully saturated rings. The molecule has 1 saturated heterocycles. The van der Waals surface area contributed by atoms with Gasteiger partial charge in [-0.25, -0.2) is 9.18 Å². The third kappa shape index (κ3) is 2.13. The van der Waals surface area contributed by atoms with Crippen LogP contribution in [0, 0.1) is 5.82 Å². The Labute approximate surface area is 93.5 Å². The monoisotopic (exact) mass is 248 g/mol. The number of hydrogen-bond acceptors (Lipinski definition) is 4. The van der Waals surface area contributed by atoms with Gasteiger partial charge in [-0.1, -0.05) is 0 Å². The zero-order valence-corrected chi connectivity index (χ0v) is 8.65. The maximum Gasteiger partial charge on any atom is 0.330 e. The SMILES string of the molecule is O=c1[nH]c(=O)n([C@H]2C[C@@](F)(CO)CO2)cc1F. The molecule has 2 heterocycles. The van der Waals surface area contributed by atoms with E-state index >= 15 is 0 Å². The molecule has 8 heteroatoms. The molecule has 2 atom stereocenters. The molecule has 0 amide bonds. The van der Waals surface area contributed by atoms with Crippen LogP contribution in [-0.4, -0.2) is 33.5 Å². The molecule has 0 aromatic carbocycles. The van der Waals surface area contributed by atoms with E-state index in [0.29, 0.717) is 6.20 Å². The van der Waals surface area contributed by atoms with Crippen molar-refractivity contribution in [3.63, 3.8) is 0 Å². The first-order valence-corrected chi connectivity index (χ1v) is 4.87. The van der Waals surface area contributed by atoms with Crippen LogP contribution in [0.1, 0.15) is 12.6 Å².